The zero-order chi connectivity index (χ0) is 9.10. The van der Waals surface area contributed by atoms with Gasteiger partial charge in [-0.25, -0.2) is 0 Å². The summed E-state index contributed by atoms with van der Waals surface area (Å²) in [6.45, 7) is 3.48. The molecule has 0 spiro atoms. The summed E-state index contributed by atoms with van der Waals surface area (Å²) >= 11 is 0. The van der Waals surface area contributed by atoms with Gasteiger partial charge in [0.05, 0.1) is 18.8 Å². The number of ether oxygens (including phenoxy) is 2. The van der Waals surface area contributed by atoms with E-state index in [0.717, 1.165) is 39.1 Å². The maximum atomic E-state index is 5.93. The zero-order valence-corrected chi connectivity index (χ0v) is 7.87. The standard InChI is InChI=1S/C9H18N2O2/c10-8-5-11-3-1-9(8)13-7-2-4-12-6-7/h7-9,11H,1-6,10H2. The first-order valence-electron chi connectivity index (χ1n) is 5.06. The van der Waals surface area contributed by atoms with Crippen molar-refractivity contribution in [1.29, 1.82) is 0 Å². The van der Waals surface area contributed by atoms with E-state index >= 15 is 0 Å². The van der Waals surface area contributed by atoms with Gasteiger partial charge in [-0.05, 0) is 19.4 Å². The molecule has 0 aliphatic carbocycles. The van der Waals surface area contributed by atoms with Gasteiger partial charge in [-0.2, -0.15) is 0 Å². The smallest absolute Gasteiger partial charge is 0.0835 e. The second kappa shape index (κ2) is 4.37. The molecule has 2 aliphatic rings. The number of rotatable bonds is 2. The highest BCUT2D eigenvalue weighted by Gasteiger charge is 2.27. The van der Waals surface area contributed by atoms with Gasteiger partial charge in [-0.15, -0.1) is 0 Å². The molecular weight excluding hydrogens is 168 g/mol. The summed E-state index contributed by atoms with van der Waals surface area (Å²) in [5, 5.41) is 3.25. The van der Waals surface area contributed by atoms with Crippen LogP contribution >= 0.6 is 0 Å². The summed E-state index contributed by atoms with van der Waals surface area (Å²) < 4.78 is 11.1. The lowest BCUT2D eigenvalue weighted by molar-refractivity contribution is -0.0377. The van der Waals surface area contributed by atoms with Gasteiger partial charge >= 0.3 is 0 Å². The molecule has 3 atom stereocenters. The summed E-state index contributed by atoms with van der Waals surface area (Å²) in [6, 6.07) is 0.148. The average molecular weight is 186 g/mol. The number of nitrogens with two attached hydrogens (primary N) is 1. The summed E-state index contributed by atoms with van der Waals surface area (Å²) in [5.74, 6) is 0. The van der Waals surface area contributed by atoms with Gasteiger partial charge in [0.1, 0.15) is 0 Å². The summed E-state index contributed by atoms with van der Waals surface area (Å²) in [5.41, 5.74) is 5.93. The molecule has 13 heavy (non-hydrogen) atoms. The molecule has 4 nitrogen and oxygen atoms in total. The normalized spacial score (nSPS) is 40.8. The van der Waals surface area contributed by atoms with Gasteiger partial charge in [-0.1, -0.05) is 0 Å². The molecular formula is C9H18N2O2. The molecule has 4 heteroatoms. The molecule has 2 saturated heterocycles. The van der Waals surface area contributed by atoms with Crippen LogP contribution in [0.2, 0.25) is 0 Å². The van der Waals surface area contributed by atoms with E-state index in [2.05, 4.69) is 5.32 Å². The fraction of sp³-hybridized carbons (Fsp3) is 1.00. The van der Waals surface area contributed by atoms with Crippen LogP contribution in [0.4, 0.5) is 0 Å². The van der Waals surface area contributed by atoms with Crippen LogP contribution in [0.25, 0.3) is 0 Å². The monoisotopic (exact) mass is 186 g/mol. The van der Waals surface area contributed by atoms with Crippen molar-refractivity contribution < 1.29 is 9.47 Å². The van der Waals surface area contributed by atoms with E-state index < -0.39 is 0 Å². The SMILES string of the molecule is NC1CNCCC1OC1CCOC1. The van der Waals surface area contributed by atoms with E-state index in [1.807, 2.05) is 0 Å². The molecule has 2 aliphatic heterocycles. The van der Waals surface area contributed by atoms with Gasteiger partial charge in [0, 0.05) is 19.2 Å². The molecule has 3 N–H and O–H groups in total. The highest BCUT2D eigenvalue weighted by Crippen LogP contribution is 2.15. The van der Waals surface area contributed by atoms with Crippen molar-refractivity contribution >= 4 is 0 Å². The number of piperidine rings is 1. The lowest BCUT2D eigenvalue weighted by Gasteiger charge is -2.31. The highest BCUT2D eigenvalue weighted by atomic mass is 16.6. The highest BCUT2D eigenvalue weighted by molar-refractivity contribution is 4.83. The Morgan fingerprint density at radius 1 is 1.38 bits per heavy atom. The molecule has 0 amide bonds. The van der Waals surface area contributed by atoms with Crippen LogP contribution in [0.15, 0.2) is 0 Å². The Labute approximate surface area is 78.8 Å². The minimum atomic E-state index is 0.148. The minimum absolute atomic E-state index is 0.148. The molecule has 2 rings (SSSR count). The van der Waals surface area contributed by atoms with Gasteiger partial charge < -0.3 is 20.5 Å². The maximum Gasteiger partial charge on any atom is 0.0835 e. The molecule has 0 aromatic heterocycles. The van der Waals surface area contributed by atoms with Crippen molar-refractivity contribution in [3.8, 4) is 0 Å². The summed E-state index contributed by atoms with van der Waals surface area (Å²) in [7, 11) is 0. The Kier molecular flexibility index (Phi) is 3.16. The Morgan fingerprint density at radius 3 is 3.00 bits per heavy atom. The predicted molar refractivity (Wildman–Crippen MR) is 49.6 cm³/mol. The van der Waals surface area contributed by atoms with E-state index in [1.165, 1.54) is 0 Å². The molecule has 2 heterocycles. The van der Waals surface area contributed by atoms with Crippen LogP contribution in [0.1, 0.15) is 12.8 Å². The first kappa shape index (κ1) is 9.40. The molecule has 0 saturated carbocycles. The molecule has 2 fully saturated rings. The Morgan fingerprint density at radius 2 is 2.31 bits per heavy atom. The van der Waals surface area contributed by atoms with Crippen LogP contribution in [0.5, 0.6) is 0 Å². The lowest BCUT2D eigenvalue weighted by Crippen LogP contribution is -2.51. The minimum Gasteiger partial charge on any atom is -0.379 e. The first-order chi connectivity index (χ1) is 6.36. The van der Waals surface area contributed by atoms with Gasteiger partial charge in [0.2, 0.25) is 0 Å². The fourth-order valence-corrected chi connectivity index (χ4v) is 1.89. The topological polar surface area (TPSA) is 56.5 Å². The molecule has 0 radical (unpaired) electrons. The number of hydrogen-bond acceptors (Lipinski definition) is 4. The first-order valence-corrected chi connectivity index (χ1v) is 5.06. The average Bonchev–Trinajstić information content (AvgIpc) is 2.61. The Bertz CT molecular complexity index is 160. The molecule has 0 aromatic carbocycles. The van der Waals surface area contributed by atoms with Gasteiger partial charge in [0.15, 0.2) is 0 Å². The van der Waals surface area contributed by atoms with E-state index in [1.54, 1.807) is 0 Å². The molecule has 3 unspecified atom stereocenters. The molecule has 0 bridgehead atoms. The van der Waals surface area contributed by atoms with Crippen LogP contribution in [-0.2, 0) is 9.47 Å². The predicted octanol–water partition coefficient (Wildman–Crippen LogP) is -0.519. The van der Waals surface area contributed by atoms with Crippen molar-refractivity contribution in [3.05, 3.63) is 0 Å². The largest absolute Gasteiger partial charge is 0.379 e. The number of hydrogen-bond donors (Lipinski definition) is 2. The van der Waals surface area contributed by atoms with Crippen molar-refractivity contribution in [2.24, 2.45) is 5.73 Å². The summed E-state index contributed by atoms with van der Waals surface area (Å²) in [4.78, 5) is 0. The van der Waals surface area contributed by atoms with E-state index in [0.29, 0.717) is 0 Å². The Balaban J connectivity index is 1.78. The van der Waals surface area contributed by atoms with Gasteiger partial charge in [0.25, 0.3) is 0 Å². The van der Waals surface area contributed by atoms with Crippen molar-refractivity contribution in [2.75, 3.05) is 26.3 Å². The van der Waals surface area contributed by atoms with Gasteiger partial charge in [-0.3, -0.25) is 0 Å². The van der Waals surface area contributed by atoms with Crippen molar-refractivity contribution in [1.82, 2.24) is 5.32 Å². The van der Waals surface area contributed by atoms with E-state index in [-0.39, 0.29) is 18.2 Å². The maximum absolute atomic E-state index is 5.93. The lowest BCUT2D eigenvalue weighted by atomic mass is 10.0. The quantitative estimate of drug-likeness (QED) is 0.609. The Hall–Kier alpha value is -0.160. The van der Waals surface area contributed by atoms with E-state index in [4.69, 9.17) is 15.2 Å². The summed E-state index contributed by atoms with van der Waals surface area (Å²) in [6.07, 6.45) is 2.57. The van der Waals surface area contributed by atoms with Crippen molar-refractivity contribution in [2.45, 2.75) is 31.1 Å². The van der Waals surface area contributed by atoms with Crippen LogP contribution in [0, 0.1) is 0 Å². The van der Waals surface area contributed by atoms with E-state index in [9.17, 15) is 0 Å². The third-order valence-electron chi connectivity index (χ3n) is 2.72. The fourth-order valence-electron chi connectivity index (χ4n) is 1.89. The zero-order valence-electron chi connectivity index (χ0n) is 7.87. The van der Waals surface area contributed by atoms with Crippen LogP contribution in [-0.4, -0.2) is 44.6 Å². The third kappa shape index (κ3) is 2.40. The third-order valence-corrected chi connectivity index (χ3v) is 2.72. The second-order valence-electron chi connectivity index (χ2n) is 3.82. The number of nitrogens with one attached hydrogen (secondary N) is 1. The van der Waals surface area contributed by atoms with Crippen molar-refractivity contribution in [3.63, 3.8) is 0 Å². The molecule has 76 valence electrons. The molecule has 0 aromatic rings. The van der Waals surface area contributed by atoms with Crippen LogP contribution in [0.3, 0.4) is 0 Å². The van der Waals surface area contributed by atoms with Crippen LogP contribution < -0.4 is 11.1 Å². The second-order valence-corrected chi connectivity index (χ2v) is 3.82.